The molecule has 0 saturated carbocycles. The Morgan fingerprint density at radius 3 is 2.40 bits per heavy atom. The molecule has 5 rings (SSSR count). The van der Waals surface area contributed by atoms with E-state index in [4.69, 9.17) is 9.47 Å². The molecular weight excluding hydrogens is 556 g/mol. The molecular formula is C30H36N6O5S. The second-order valence-electron chi connectivity index (χ2n) is 10.6. The van der Waals surface area contributed by atoms with Gasteiger partial charge in [-0.05, 0) is 71.1 Å². The van der Waals surface area contributed by atoms with Crippen molar-refractivity contribution in [2.24, 2.45) is 0 Å². The second kappa shape index (κ2) is 12.0. The molecule has 4 aromatic rings. The van der Waals surface area contributed by atoms with Gasteiger partial charge in [0.15, 0.2) is 5.65 Å². The number of ether oxygens (including phenoxy) is 2. The van der Waals surface area contributed by atoms with Gasteiger partial charge < -0.3 is 24.6 Å². The lowest BCUT2D eigenvalue weighted by Crippen LogP contribution is -2.47. The Kier molecular flexibility index (Phi) is 8.37. The minimum absolute atomic E-state index is 0.0568. The Balaban J connectivity index is 1.53. The maximum atomic E-state index is 13.6. The molecule has 12 heteroatoms. The molecule has 1 fully saturated rings. The number of likely N-dealkylation sites (N-methyl/N-ethyl adjacent to an activating group) is 1. The number of carbonyl (C=O) groups excluding carboxylic acids is 1. The van der Waals surface area contributed by atoms with Crippen molar-refractivity contribution in [3.8, 4) is 11.6 Å². The van der Waals surface area contributed by atoms with Gasteiger partial charge in [-0.3, -0.25) is 4.79 Å². The molecule has 1 amide bonds. The molecule has 2 aromatic heterocycles. The van der Waals surface area contributed by atoms with Crippen LogP contribution in [0, 0.1) is 6.92 Å². The number of aryl methyl sites for hydroxylation is 1. The summed E-state index contributed by atoms with van der Waals surface area (Å²) in [5.41, 5.74) is 2.17. The van der Waals surface area contributed by atoms with E-state index in [9.17, 15) is 13.2 Å². The highest BCUT2D eigenvalue weighted by Gasteiger charge is 2.24. The lowest BCUT2D eigenvalue weighted by molar-refractivity contribution is 0.0663. The first-order valence-corrected chi connectivity index (χ1v) is 15.4. The van der Waals surface area contributed by atoms with Crippen LogP contribution in [0.3, 0.4) is 0 Å². The topological polar surface area (TPSA) is 119 Å². The summed E-state index contributed by atoms with van der Waals surface area (Å²) in [5.74, 6) is 0.765. The van der Waals surface area contributed by atoms with Crippen LogP contribution in [0.25, 0.3) is 11.0 Å². The third kappa shape index (κ3) is 6.04. The van der Waals surface area contributed by atoms with Crippen molar-refractivity contribution >= 4 is 38.6 Å². The van der Waals surface area contributed by atoms with Crippen molar-refractivity contribution < 1.29 is 22.7 Å². The number of anilines is 2. The molecule has 0 aliphatic carbocycles. The van der Waals surface area contributed by atoms with E-state index in [-0.39, 0.29) is 34.4 Å². The van der Waals surface area contributed by atoms with Crippen LogP contribution in [0.2, 0.25) is 0 Å². The standard InChI is InChI=1S/C30H36N6O5S/c1-6-40-28-24-13-14-36(42(38,39)23-10-7-21(4)8-11-23)27(24)32-30(33-28)31-25-12-9-22(19-26(25)41-20(2)3)29(37)35-17-15-34(5)16-18-35/h7-14,19-20H,6,15-18H2,1-5H3,(H,31,32,33). The molecule has 3 heterocycles. The Hall–Kier alpha value is -4.16. The highest BCUT2D eigenvalue weighted by atomic mass is 32.2. The van der Waals surface area contributed by atoms with Gasteiger partial charge in [0.2, 0.25) is 11.8 Å². The van der Waals surface area contributed by atoms with Gasteiger partial charge in [-0.25, -0.2) is 12.4 Å². The summed E-state index contributed by atoms with van der Waals surface area (Å²) in [6, 6.07) is 13.5. The summed E-state index contributed by atoms with van der Waals surface area (Å²) in [5, 5.41) is 3.63. The number of carbonyl (C=O) groups is 1. The zero-order chi connectivity index (χ0) is 30.0. The van der Waals surface area contributed by atoms with Gasteiger partial charge in [-0.1, -0.05) is 17.7 Å². The minimum atomic E-state index is -3.94. The van der Waals surface area contributed by atoms with Gasteiger partial charge in [0.05, 0.1) is 28.7 Å². The van der Waals surface area contributed by atoms with E-state index < -0.39 is 10.0 Å². The Morgan fingerprint density at radius 2 is 1.74 bits per heavy atom. The van der Waals surface area contributed by atoms with Crippen molar-refractivity contribution in [2.75, 3.05) is 45.2 Å². The van der Waals surface area contributed by atoms with Crippen LogP contribution in [0.15, 0.2) is 59.6 Å². The summed E-state index contributed by atoms with van der Waals surface area (Å²) >= 11 is 0. The van der Waals surface area contributed by atoms with Gasteiger partial charge in [-0.2, -0.15) is 9.97 Å². The fraction of sp³-hybridized carbons (Fsp3) is 0.367. The van der Waals surface area contributed by atoms with Crippen molar-refractivity contribution in [1.82, 2.24) is 23.7 Å². The number of hydrogen-bond donors (Lipinski definition) is 1. The minimum Gasteiger partial charge on any atom is -0.489 e. The van der Waals surface area contributed by atoms with Crippen LogP contribution in [0.5, 0.6) is 11.6 Å². The van der Waals surface area contributed by atoms with E-state index in [2.05, 4.69) is 20.2 Å². The molecule has 2 aromatic carbocycles. The van der Waals surface area contributed by atoms with Crippen LogP contribution >= 0.6 is 0 Å². The van der Waals surface area contributed by atoms with Crippen molar-refractivity contribution in [3.63, 3.8) is 0 Å². The van der Waals surface area contributed by atoms with Crippen molar-refractivity contribution in [2.45, 2.75) is 38.7 Å². The molecule has 1 aliphatic heterocycles. The Bertz CT molecular complexity index is 1690. The molecule has 1 saturated heterocycles. The van der Waals surface area contributed by atoms with Gasteiger partial charge in [0, 0.05) is 37.9 Å². The van der Waals surface area contributed by atoms with Crippen LogP contribution in [0.4, 0.5) is 11.6 Å². The third-order valence-electron chi connectivity index (χ3n) is 6.96. The normalized spacial score (nSPS) is 14.4. The quantitative estimate of drug-likeness (QED) is 0.304. The van der Waals surface area contributed by atoms with Gasteiger partial charge in [0.1, 0.15) is 5.75 Å². The highest BCUT2D eigenvalue weighted by molar-refractivity contribution is 7.90. The number of rotatable bonds is 9. The largest absolute Gasteiger partial charge is 0.489 e. The zero-order valence-electron chi connectivity index (χ0n) is 24.5. The zero-order valence-corrected chi connectivity index (χ0v) is 25.3. The van der Waals surface area contributed by atoms with Crippen LogP contribution in [0.1, 0.15) is 36.7 Å². The molecule has 42 heavy (non-hydrogen) atoms. The average Bonchev–Trinajstić information content (AvgIpc) is 3.39. The van der Waals surface area contributed by atoms with E-state index in [0.29, 0.717) is 42.1 Å². The number of benzene rings is 2. The van der Waals surface area contributed by atoms with Crippen LogP contribution < -0.4 is 14.8 Å². The smallest absolute Gasteiger partial charge is 0.269 e. The molecule has 11 nitrogen and oxygen atoms in total. The number of nitrogens with zero attached hydrogens (tertiary/aromatic N) is 5. The molecule has 0 radical (unpaired) electrons. The van der Waals surface area contributed by atoms with Gasteiger partial charge in [-0.15, -0.1) is 0 Å². The van der Waals surface area contributed by atoms with E-state index >= 15 is 0 Å². The number of fused-ring (bicyclic) bond motifs is 1. The second-order valence-corrected chi connectivity index (χ2v) is 12.4. The van der Waals surface area contributed by atoms with Crippen molar-refractivity contribution in [1.29, 1.82) is 0 Å². The van der Waals surface area contributed by atoms with Crippen molar-refractivity contribution in [3.05, 3.63) is 65.9 Å². The summed E-state index contributed by atoms with van der Waals surface area (Å²) < 4.78 is 40.1. The summed E-state index contributed by atoms with van der Waals surface area (Å²) in [6.45, 7) is 10.8. The number of amides is 1. The molecule has 0 bridgehead atoms. The monoisotopic (exact) mass is 592 g/mol. The maximum absolute atomic E-state index is 13.6. The predicted molar refractivity (Wildman–Crippen MR) is 161 cm³/mol. The van der Waals surface area contributed by atoms with Gasteiger partial charge >= 0.3 is 0 Å². The molecule has 0 spiro atoms. The Morgan fingerprint density at radius 1 is 1.02 bits per heavy atom. The van der Waals surface area contributed by atoms with E-state index in [1.807, 2.05) is 39.6 Å². The number of aromatic nitrogens is 3. The Labute approximate surface area is 246 Å². The van der Waals surface area contributed by atoms with Crippen LogP contribution in [-0.4, -0.2) is 84.0 Å². The summed E-state index contributed by atoms with van der Waals surface area (Å²) in [7, 11) is -1.90. The SMILES string of the molecule is CCOc1nc(Nc2ccc(C(=O)N3CCN(C)CC3)cc2OC(C)C)nc2c1ccn2S(=O)(=O)c1ccc(C)cc1. The molecule has 1 aliphatic rings. The third-order valence-corrected chi connectivity index (χ3v) is 8.64. The van der Waals surface area contributed by atoms with Crippen LogP contribution in [-0.2, 0) is 10.0 Å². The molecule has 222 valence electrons. The fourth-order valence-electron chi connectivity index (χ4n) is 4.71. The first-order chi connectivity index (χ1) is 20.1. The summed E-state index contributed by atoms with van der Waals surface area (Å²) in [6.07, 6.45) is 1.28. The fourth-order valence-corrected chi connectivity index (χ4v) is 6.00. The molecule has 0 atom stereocenters. The lowest BCUT2D eigenvalue weighted by atomic mass is 10.1. The maximum Gasteiger partial charge on any atom is 0.269 e. The average molecular weight is 593 g/mol. The number of nitrogens with one attached hydrogen (secondary N) is 1. The highest BCUT2D eigenvalue weighted by Crippen LogP contribution is 2.33. The van der Waals surface area contributed by atoms with E-state index in [0.717, 1.165) is 22.6 Å². The number of hydrogen-bond acceptors (Lipinski definition) is 9. The lowest BCUT2D eigenvalue weighted by Gasteiger charge is -2.32. The predicted octanol–water partition coefficient (Wildman–Crippen LogP) is 4.29. The van der Waals surface area contributed by atoms with Gasteiger partial charge in [0.25, 0.3) is 15.9 Å². The first-order valence-electron chi connectivity index (χ1n) is 14.0. The first kappa shape index (κ1) is 29.3. The number of piperazine rings is 1. The van der Waals surface area contributed by atoms with E-state index in [1.165, 1.54) is 6.20 Å². The molecule has 0 unspecified atom stereocenters. The van der Waals surface area contributed by atoms with E-state index in [1.54, 1.807) is 48.5 Å². The summed E-state index contributed by atoms with van der Waals surface area (Å²) in [4.78, 5) is 26.5. The molecule has 1 N–H and O–H groups in total.